The van der Waals surface area contributed by atoms with Crippen molar-refractivity contribution in [1.82, 2.24) is 10.2 Å². The van der Waals surface area contributed by atoms with Crippen LogP contribution in [0.4, 0.5) is 5.69 Å². The van der Waals surface area contributed by atoms with Crippen molar-refractivity contribution in [2.45, 2.75) is 57.7 Å². The summed E-state index contributed by atoms with van der Waals surface area (Å²) in [5.74, 6) is -0.767. The van der Waals surface area contributed by atoms with Gasteiger partial charge in [0.05, 0.1) is 11.9 Å². The molecule has 0 aliphatic heterocycles. The van der Waals surface area contributed by atoms with E-state index in [0.29, 0.717) is 21.3 Å². The number of carbonyl (C=O) groups is 2. The van der Waals surface area contributed by atoms with Gasteiger partial charge in [-0.25, -0.2) is 8.42 Å². The fourth-order valence-electron chi connectivity index (χ4n) is 5.25. The van der Waals surface area contributed by atoms with E-state index in [9.17, 15) is 18.0 Å². The molecule has 0 radical (unpaired) electrons. The van der Waals surface area contributed by atoms with E-state index in [1.165, 1.54) is 4.90 Å². The van der Waals surface area contributed by atoms with Crippen molar-refractivity contribution >= 4 is 50.7 Å². The Bertz CT molecular complexity index is 1480. The molecule has 1 fully saturated rings. The number of rotatable bonds is 11. The summed E-state index contributed by atoms with van der Waals surface area (Å²) in [4.78, 5) is 29.5. The highest BCUT2D eigenvalue weighted by Crippen LogP contribution is 2.27. The first kappa shape index (κ1) is 30.9. The zero-order valence-corrected chi connectivity index (χ0v) is 25.6. The van der Waals surface area contributed by atoms with Gasteiger partial charge in [0, 0.05) is 29.1 Å². The van der Waals surface area contributed by atoms with Gasteiger partial charge in [0.25, 0.3) is 0 Å². The van der Waals surface area contributed by atoms with Crippen molar-refractivity contribution in [2.75, 3.05) is 17.1 Å². The molecule has 1 N–H and O–H groups in total. The van der Waals surface area contributed by atoms with Gasteiger partial charge in [0.1, 0.15) is 12.6 Å². The molecule has 0 aromatic heterocycles. The smallest absolute Gasteiger partial charge is 0.244 e. The van der Waals surface area contributed by atoms with E-state index in [1.807, 2.05) is 36.4 Å². The molecule has 0 bridgehead atoms. The second kappa shape index (κ2) is 13.7. The fraction of sp³-hybridized carbons (Fsp3) is 0.355. The first-order valence-corrected chi connectivity index (χ1v) is 16.2. The third kappa shape index (κ3) is 8.47. The summed E-state index contributed by atoms with van der Waals surface area (Å²) >= 11 is 12.4. The van der Waals surface area contributed by atoms with Gasteiger partial charge in [-0.1, -0.05) is 78.5 Å². The van der Waals surface area contributed by atoms with Crippen LogP contribution < -0.4 is 9.62 Å². The summed E-state index contributed by atoms with van der Waals surface area (Å²) in [7, 11) is -3.86. The highest BCUT2D eigenvalue weighted by Gasteiger charge is 2.34. The Morgan fingerprint density at radius 1 is 0.927 bits per heavy atom. The number of hydrogen-bond acceptors (Lipinski definition) is 4. The molecule has 3 aromatic carbocycles. The Morgan fingerprint density at radius 3 is 2.22 bits per heavy atom. The summed E-state index contributed by atoms with van der Waals surface area (Å²) in [5.41, 5.74) is 2.57. The van der Waals surface area contributed by atoms with Crippen LogP contribution in [-0.4, -0.2) is 50.0 Å². The van der Waals surface area contributed by atoms with Crippen molar-refractivity contribution in [3.63, 3.8) is 0 Å². The summed E-state index contributed by atoms with van der Waals surface area (Å²) in [5, 5.41) is 4.11. The maximum Gasteiger partial charge on any atom is 0.244 e. The normalized spacial score (nSPS) is 14.4. The molecule has 7 nitrogen and oxygen atoms in total. The molecule has 3 aromatic rings. The molecule has 41 heavy (non-hydrogen) atoms. The second-order valence-electron chi connectivity index (χ2n) is 10.5. The Hall–Kier alpha value is -3.07. The first-order chi connectivity index (χ1) is 19.5. The summed E-state index contributed by atoms with van der Waals surface area (Å²) in [6, 6.07) is 20.6. The van der Waals surface area contributed by atoms with Crippen LogP contribution in [0.25, 0.3) is 0 Å². The van der Waals surface area contributed by atoms with Crippen molar-refractivity contribution in [3.05, 3.63) is 99.5 Å². The quantitative estimate of drug-likeness (QED) is 0.297. The zero-order valence-electron chi connectivity index (χ0n) is 23.2. The topological polar surface area (TPSA) is 86.8 Å². The third-order valence-corrected chi connectivity index (χ3v) is 8.92. The second-order valence-corrected chi connectivity index (χ2v) is 13.3. The van der Waals surface area contributed by atoms with Crippen LogP contribution in [0, 0.1) is 6.92 Å². The molecule has 1 aliphatic rings. The average molecular weight is 617 g/mol. The molecule has 1 atom stereocenters. The minimum atomic E-state index is -3.86. The number of anilines is 1. The molecule has 0 saturated heterocycles. The SMILES string of the molecule is Cc1cc(Cl)ccc1N(CC(=O)N(Cc1cccc(Cl)c1)[C@@H](Cc1ccccc1)C(=O)NC1CCCC1)S(C)(=O)=O. The molecule has 1 saturated carbocycles. The molecular formula is C31H35Cl2N3O4S. The Morgan fingerprint density at radius 2 is 1.59 bits per heavy atom. The van der Waals surface area contributed by atoms with E-state index in [-0.39, 0.29) is 24.9 Å². The minimum absolute atomic E-state index is 0.0492. The number of amides is 2. The number of hydrogen-bond donors (Lipinski definition) is 1. The van der Waals surface area contributed by atoms with E-state index in [2.05, 4.69) is 5.32 Å². The Balaban J connectivity index is 1.74. The van der Waals surface area contributed by atoms with E-state index in [0.717, 1.165) is 47.4 Å². The number of nitrogens with zero attached hydrogens (tertiary/aromatic N) is 2. The van der Waals surface area contributed by atoms with Crippen LogP contribution in [0.5, 0.6) is 0 Å². The van der Waals surface area contributed by atoms with Crippen LogP contribution in [0.15, 0.2) is 72.8 Å². The number of sulfonamides is 1. The Kier molecular flexibility index (Phi) is 10.3. The molecule has 218 valence electrons. The van der Waals surface area contributed by atoms with E-state index < -0.39 is 28.5 Å². The summed E-state index contributed by atoms with van der Waals surface area (Å²) < 4.78 is 27.0. The number of aryl methyl sites for hydroxylation is 1. The summed E-state index contributed by atoms with van der Waals surface area (Å²) in [6.45, 7) is 1.33. The summed E-state index contributed by atoms with van der Waals surface area (Å²) in [6.07, 6.45) is 5.20. The molecule has 10 heteroatoms. The molecule has 0 heterocycles. The lowest BCUT2D eigenvalue weighted by Gasteiger charge is -2.34. The molecule has 0 unspecified atom stereocenters. The van der Waals surface area contributed by atoms with E-state index in [4.69, 9.17) is 23.2 Å². The highest BCUT2D eigenvalue weighted by molar-refractivity contribution is 7.92. The van der Waals surface area contributed by atoms with Gasteiger partial charge in [0.15, 0.2) is 0 Å². The van der Waals surface area contributed by atoms with Gasteiger partial charge in [-0.3, -0.25) is 13.9 Å². The molecule has 2 amide bonds. The standard InChI is InChI=1S/C31H35Cl2N3O4S/c1-22-17-26(33)15-16-28(22)36(41(2,39)40)21-30(37)35(20-24-11-8-12-25(32)18-24)29(19-23-9-4-3-5-10-23)31(38)34-27-13-6-7-14-27/h3-5,8-12,15-18,27,29H,6-7,13-14,19-21H2,1-2H3,(H,34,38)/t29-/m0/s1. The highest BCUT2D eigenvalue weighted by atomic mass is 35.5. The third-order valence-electron chi connectivity index (χ3n) is 7.32. The van der Waals surface area contributed by atoms with E-state index in [1.54, 1.807) is 43.3 Å². The predicted octanol–water partition coefficient (Wildman–Crippen LogP) is 5.77. The van der Waals surface area contributed by atoms with Crippen LogP contribution in [0.3, 0.4) is 0 Å². The van der Waals surface area contributed by atoms with Gasteiger partial charge < -0.3 is 10.2 Å². The molecule has 4 rings (SSSR count). The number of nitrogens with one attached hydrogen (secondary N) is 1. The Labute approximate surface area is 252 Å². The van der Waals surface area contributed by atoms with Gasteiger partial charge >= 0.3 is 0 Å². The van der Waals surface area contributed by atoms with Gasteiger partial charge in [-0.05, 0) is 66.8 Å². The van der Waals surface area contributed by atoms with Gasteiger partial charge in [-0.15, -0.1) is 0 Å². The van der Waals surface area contributed by atoms with Crippen molar-refractivity contribution in [3.8, 4) is 0 Å². The monoisotopic (exact) mass is 615 g/mol. The fourth-order valence-corrected chi connectivity index (χ4v) is 6.59. The number of halogens is 2. The van der Waals surface area contributed by atoms with Gasteiger partial charge in [-0.2, -0.15) is 0 Å². The first-order valence-electron chi connectivity index (χ1n) is 13.6. The van der Waals surface area contributed by atoms with Crippen LogP contribution >= 0.6 is 23.2 Å². The lowest BCUT2D eigenvalue weighted by molar-refractivity contribution is -0.140. The molecule has 1 aliphatic carbocycles. The molecular weight excluding hydrogens is 581 g/mol. The lowest BCUT2D eigenvalue weighted by atomic mass is 10.0. The largest absolute Gasteiger partial charge is 0.352 e. The molecule has 0 spiro atoms. The van der Waals surface area contributed by atoms with Crippen LogP contribution in [-0.2, 0) is 32.6 Å². The van der Waals surface area contributed by atoms with Gasteiger partial charge in [0.2, 0.25) is 21.8 Å². The minimum Gasteiger partial charge on any atom is -0.352 e. The zero-order chi connectivity index (χ0) is 29.6. The van der Waals surface area contributed by atoms with Crippen LogP contribution in [0.1, 0.15) is 42.4 Å². The lowest BCUT2D eigenvalue weighted by Crippen LogP contribution is -2.54. The van der Waals surface area contributed by atoms with E-state index >= 15 is 0 Å². The van der Waals surface area contributed by atoms with Crippen molar-refractivity contribution < 1.29 is 18.0 Å². The predicted molar refractivity (Wildman–Crippen MR) is 165 cm³/mol. The number of benzene rings is 3. The number of carbonyl (C=O) groups excluding carboxylic acids is 2. The maximum atomic E-state index is 14.2. The average Bonchev–Trinajstić information content (AvgIpc) is 3.42. The van der Waals surface area contributed by atoms with Crippen LogP contribution in [0.2, 0.25) is 10.0 Å². The van der Waals surface area contributed by atoms with Crippen molar-refractivity contribution in [2.24, 2.45) is 0 Å². The maximum absolute atomic E-state index is 14.2. The van der Waals surface area contributed by atoms with Crippen molar-refractivity contribution in [1.29, 1.82) is 0 Å².